The van der Waals surface area contributed by atoms with Gasteiger partial charge in [0.2, 0.25) is 5.91 Å². The van der Waals surface area contributed by atoms with Crippen LogP contribution in [-0.4, -0.2) is 48.9 Å². The molecule has 1 aliphatic heterocycles. The lowest BCUT2D eigenvalue weighted by atomic mass is 9.86. The number of nitrogens with one attached hydrogen (secondary N) is 2. The van der Waals surface area contributed by atoms with E-state index in [9.17, 15) is 22.8 Å². The number of fused-ring (bicyclic) bond motifs is 1. The number of hydrogen-bond acceptors (Lipinski definition) is 5. The maximum atomic E-state index is 13.3. The van der Waals surface area contributed by atoms with Crippen LogP contribution in [0.5, 0.6) is 0 Å². The van der Waals surface area contributed by atoms with Gasteiger partial charge in [-0.3, -0.25) is 14.3 Å². The molecule has 0 aromatic carbocycles. The number of aryl methyl sites for hydroxylation is 1. The standard InChI is InChI=1S/C27H32F3N7O2/c1-2-36-21(9-10-32-36)26(39)34-24(23(15-3-4-15)16-5-6-16)20-14-37-22(33-20)8-7-19(35-37)12-17-11-18(27(28,29)30)13-31-25(17)38/h7-10,14-18,23-24H,2-6,11-13H2,1H3,(H,31,38)(H,34,39)/t17?,18-,24?/m1/s1. The Hall–Kier alpha value is -3.44. The fourth-order valence-corrected chi connectivity index (χ4v) is 6.03. The Labute approximate surface area is 223 Å². The number of amides is 2. The Morgan fingerprint density at radius 2 is 1.92 bits per heavy atom. The zero-order valence-corrected chi connectivity index (χ0v) is 21.7. The van der Waals surface area contributed by atoms with Crippen LogP contribution < -0.4 is 10.6 Å². The maximum absolute atomic E-state index is 13.3. The Balaban J connectivity index is 1.26. The summed E-state index contributed by atoms with van der Waals surface area (Å²) >= 11 is 0. The number of nitrogens with zero attached hydrogens (tertiary/aromatic N) is 5. The highest BCUT2D eigenvalue weighted by molar-refractivity contribution is 5.92. The van der Waals surface area contributed by atoms with Gasteiger partial charge in [-0.15, -0.1) is 0 Å². The lowest BCUT2D eigenvalue weighted by molar-refractivity contribution is -0.183. The fraction of sp³-hybridized carbons (Fsp3) is 0.593. The van der Waals surface area contributed by atoms with Crippen molar-refractivity contribution in [3.63, 3.8) is 0 Å². The first kappa shape index (κ1) is 25.8. The second-order valence-electron chi connectivity index (χ2n) is 11.1. The number of rotatable bonds is 9. The lowest BCUT2D eigenvalue weighted by Crippen LogP contribution is -2.47. The molecule has 4 heterocycles. The first-order valence-electron chi connectivity index (χ1n) is 13.7. The summed E-state index contributed by atoms with van der Waals surface area (Å²) < 4.78 is 43.1. The smallest absolute Gasteiger partial charge is 0.355 e. The summed E-state index contributed by atoms with van der Waals surface area (Å²) in [5.74, 6) is -1.57. The number of alkyl halides is 3. The monoisotopic (exact) mass is 543 g/mol. The second-order valence-corrected chi connectivity index (χ2v) is 11.1. The van der Waals surface area contributed by atoms with Crippen molar-refractivity contribution < 1.29 is 22.8 Å². The van der Waals surface area contributed by atoms with Crippen LogP contribution in [0.1, 0.15) is 66.9 Å². The molecule has 1 saturated heterocycles. The number of carbonyl (C=O) groups excluding carboxylic acids is 2. The molecule has 3 aromatic rings. The number of halogens is 3. The molecule has 3 aliphatic rings. The van der Waals surface area contributed by atoms with Gasteiger partial charge in [0.15, 0.2) is 5.65 Å². The van der Waals surface area contributed by atoms with Gasteiger partial charge in [-0.1, -0.05) is 0 Å². The summed E-state index contributed by atoms with van der Waals surface area (Å²) in [7, 11) is 0. The van der Waals surface area contributed by atoms with Crippen molar-refractivity contribution in [1.82, 2.24) is 35.0 Å². The molecule has 208 valence electrons. The number of imidazole rings is 1. The normalized spacial score (nSPS) is 22.7. The number of hydrogen-bond donors (Lipinski definition) is 2. The quantitative estimate of drug-likeness (QED) is 0.428. The van der Waals surface area contributed by atoms with Gasteiger partial charge in [-0.05, 0) is 75.0 Å². The molecule has 9 nitrogen and oxygen atoms in total. The average molecular weight is 544 g/mol. The van der Waals surface area contributed by atoms with E-state index in [4.69, 9.17) is 4.98 Å². The van der Waals surface area contributed by atoms with Crippen LogP contribution in [0.25, 0.3) is 5.65 Å². The molecule has 2 aliphatic carbocycles. The number of aromatic nitrogens is 5. The largest absolute Gasteiger partial charge is 0.393 e. The molecule has 39 heavy (non-hydrogen) atoms. The minimum atomic E-state index is -4.35. The molecular weight excluding hydrogens is 511 g/mol. The van der Waals surface area contributed by atoms with Crippen LogP contribution in [0.15, 0.2) is 30.6 Å². The Morgan fingerprint density at radius 1 is 1.18 bits per heavy atom. The third-order valence-corrected chi connectivity index (χ3v) is 8.35. The van der Waals surface area contributed by atoms with Crippen LogP contribution in [0, 0.1) is 29.6 Å². The molecule has 2 N–H and O–H groups in total. The highest BCUT2D eigenvalue weighted by atomic mass is 19.4. The predicted octanol–water partition coefficient (Wildman–Crippen LogP) is 3.71. The molecule has 3 fully saturated rings. The zero-order valence-electron chi connectivity index (χ0n) is 21.7. The second kappa shape index (κ2) is 9.95. The molecule has 0 bridgehead atoms. The van der Waals surface area contributed by atoms with E-state index in [1.807, 2.05) is 6.92 Å². The van der Waals surface area contributed by atoms with Crippen molar-refractivity contribution in [3.05, 3.63) is 47.7 Å². The molecule has 2 saturated carbocycles. The highest BCUT2D eigenvalue weighted by Crippen LogP contribution is 2.54. The van der Waals surface area contributed by atoms with E-state index in [1.54, 1.807) is 39.8 Å². The molecule has 0 spiro atoms. The minimum absolute atomic E-state index is 0.107. The van der Waals surface area contributed by atoms with Gasteiger partial charge in [0.05, 0.1) is 29.5 Å². The third-order valence-electron chi connectivity index (χ3n) is 8.35. The summed E-state index contributed by atoms with van der Waals surface area (Å²) in [4.78, 5) is 30.5. The maximum Gasteiger partial charge on any atom is 0.393 e. The van der Waals surface area contributed by atoms with Crippen molar-refractivity contribution in [2.75, 3.05) is 6.54 Å². The van der Waals surface area contributed by atoms with Crippen LogP contribution in [0.2, 0.25) is 0 Å². The molecule has 12 heteroatoms. The third kappa shape index (κ3) is 5.38. The molecular formula is C27H32F3N7O2. The lowest BCUT2D eigenvalue weighted by Gasteiger charge is -2.30. The topological polar surface area (TPSA) is 106 Å². The van der Waals surface area contributed by atoms with Crippen molar-refractivity contribution >= 4 is 17.5 Å². The number of piperidine rings is 1. The fourth-order valence-electron chi connectivity index (χ4n) is 6.03. The summed E-state index contributed by atoms with van der Waals surface area (Å²) in [6, 6.07) is 4.90. The van der Waals surface area contributed by atoms with E-state index in [0.29, 0.717) is 41.1 Å². The van der Waals surface area contributed by atoms with E-state index >= 15 is 0 Å². The summed E-state index contributed by atoms with van der Waals surface area (Å²) in [5, 5.41) is 14.5. The molecule has 3 atom stereocenters. The van der Waals surface area contributed by atoms with Crippen molar-refractivity contribution in [3.8, 4) is 0 Å². The molecule has 0 radical (unpaired) electrons. The van der Waals surface area contributed by atoms with Gasteiger partial charge >= 0.3 is 6.18 Å². The predicted molar refractivity (Wildman–Crippen MR) is 134 cm³/mol. The van der Waals surface area contributed by atoms with E-state index in [0.717, 1.165) is 25.7 Å². The van der Waals surface area contributed by atoms with Gasteiger partial charge in [0, 0.05) is 31.6 Å². The van der Waals surface area contributed by atoms with E-state index in [2.05, 4.69) is 20.8 Å². The van der Waals surface area contributed by atoms with Crippen LogP contribution in [-0.2, 0) is 17.8 Å². The van der Waals surface area contributed by atoms with Gasteiger partial charge < -0.3 is 10.6 Å². The molecule has 2 amide bonds. The first-order valence-corrected chi connectivity index (χ1v) is 13.7. The van der Waals surface area contributed by atoms with Crippen LogP contribution >= 0.6 is 0 Å². The zero-order chi connectivity index (χ0) is 27.3. The SMILES string of the molecule is CCn1nccc1C(=O)NC(c1cn2nc(CC3C[C@@H](C(F)(F)F)CNC3=O)ccc2n1)C(C1CC1)C1CC1. The summed E-state index contributed by atoms with van der Waals surface area (Å²) in [6.07, 6.45) is 3.47. The van der Waals surface area contributed by atoms with E-state index in [1.165, 1.54) is 0 Å². The Morgan fingerprint density at radius 3 is 2.59 bits per heavy atom. The molecule has 2 unspecified atom stereocenters. The van der Waals surface area contributed by atoms with Gasteiger partial charge in [-0.2, -0.15) is 23.4 Å². The van der Waals surface area contributed by atoms with Gasteiger partial charge in [-0.25, -0.2) is 9.50 Å². The van der Waals surface area contributed by atoms with Crippen LogP contribution in [0.3, 0.4) is 0 Å². The van der Waals surface area contributed by atoms with Crippen LogP contribution in [0.4, 0.5) is 13.2 Å². The first-order chi connectivity index (χ1) is 18.7. The summed E-state index contributed by atoms with van der Waals surface area (Å²) in [5.41, 5.74) is 2.31. The van der Waals surface area contributed by atoms with Gasteiger partial charge in [0.1, 0.15) is 5.69 Å². The summed E-state index contributed by atoms with van der Waals surface area (Å²) in [6.45, 7) is 2.13. The van der Waals surface area contributed by atoms with E-state index < -0.39 is 18.0 Å². The van der Waals surface area contributed by atoms with Crippen molar-refractivity contribution in [2.45, 2.75) is 64.2 Å². The van der Waals surface area contributed by atoms with E-state index in [-0.39, 0.29) is 43.2 Å². The van der Waals surface area contributed by atoms with Crippen molar-refractivity contribution in [2.24, 2.45) is 29.6 Å². The molecule has 6 rings (SSSR count). The number of carbonyl (C=O) groups is 2. The highest BCUT2D eigenvalue weighted by Gasteiger charge is 2.47. The van der Waals surface area contributed by atoms with Crippen molar-refractivity contribution in [1.29, 1.82) is 0 Å². The van der Waals surface area contributed by atoms with Gasteiger partial charge in [0.25, 0.3) is 5.91 Å². The Kier molecular flexibility index (Phi) is 6.58. The average Bonchev–Trinajstić information content (AvgIpc) is 3.83. The molecule has 3 aromatic heterocycles. The Bertz CT molecular complexity index is 1360. The minimum Gasteiger partial charge on any atom is -0.355 e.